The van der Waals surface area contributed by atoms with E-state index in [9.17, 15) is 13.2 Å². The minimum Gasteiger partial charge on any atom is -0.463 e. The molecule has 3 rings (SSSR count). The van der Waals surface area contributed by atoms with E-state index in [0.717, 1.165) is 17.4 Å². The first kappa shape index (κ1) is 17.0. The number of esters is 1. The lowest BCUT2D eigenvalue weighted by molar-refractivity contribution is 0.0559. The molecule has 130 valence electrons. The minimum atomic E-state index is -4.02. The van der Waals surface area contributed by atoms with Gasteiger partial charge in [-0.2, -0.15) is 8.42 Å². The summed E-state index contributed by atoms with van der Waals surface area (Å²) in [4.78, 5) is 15.7. The molecule has 2 aromatic heterocycles. The number of methoxy groups -OCH3 is 1. The van der Waals surface area contributed by atoms with E-state index in [1.165, 1.54) is 19.2 Å². The Balaban J connectivity index is 2.02. The highest BCUT2D eigenvalue weighted by Gasteiger charge is 2.23. The van der Waals surface area contributed by atoms with Crippen molar-refractivity contribution in [3.63, 3.8) is 0 Å². The zero-order valence-corrected chi connectivity index (χ0v) is 14.5. The molecule has 0 bridgehead atoms. The maximum atomic E-state index is 12.6. The van der Waals surface area contributed by atoms with Gasteiger partial charge in [0.15, 0.2) is 0 Å². The number of rotatable bonds is 5. The fourth-order valence-electron chi connectivity index (χ4n) is 2.41. The molecule has 0 aliphatic rings. The van der Waals surface area contributed by atoms with Crippen molar-refractivity contribution in [3.05, 3.63) is 53.9 Å². The summed E-state index contributed by atoms with van der Waals surface area (Å²) >= 11 is 0. The molecular formula is C17H16N2O5S. The van der Waals surface area contributed by atoms with Crippen molar-refractivity contribution < 1.29 is 22.4 Å². The molecule has 0 aliphatic carbocycles. The van der Waals surface area contributed by atoms with E-state index in [4.69, 9.17) is 4.42 Å². The molecule has 0 saturated heterocycles. The second-order valence-corrected chi connectivity index (χ2v) is 6.90. The number of anilines is 1. The number of sulfonamides is 1. The number of benzene rings is 1. The highest BCUT2D eigenvalue weighted by Crippen LogP contribution is 2.27. The number of hydrogen-bond donors (Lipinski definition) is 1. The van der Waals surface area contributed by atoms with Crippen LogP contribution in [0.2, 0.25) is 0 Å². The minimum absolute atomic E-state index is 0.187. The molecule has 0 unspecified atom stereocenters. The number of furan rings is 1. The summed E-state index contributed by atoms with van der Waals surface area (Å²) in [6.07, 6.45) is 2.33. The first-order chi connectivity index (χ1) is 11.9. The highest BCUT2D eigenvalue weighted by molar-refractivity contribution is 7.92. The molecule has 0 fully saturated rings. The Kier molecular flexibility index (Phi) is 4.45. The van der Waals surface area contributed by atoms with E-state index < -0.39 is 16.0 Å². The van der Waals surface area contributed by atoms with Crippen molar-refractivity contribution >= 4 is 32.6 Å². The Labute approximate surface area is 144 Å². The third-order valence-electron chi connectivity index (χ3n) is 3.65. The molecule has 0 amide bonds. The van der Waals surface area contributed by atoms with Crippen LogP contribution in [0.15, 0.2) is 52.1 Å². The van der Waals surface area contributed by atoms with Crippen LogP contribution in [0, 0.1) is 0 Å². The summed E-state index contributed by atoms with van der Waals surface area (Å²) in [5.74, 6) is -0.935. The molecule has 0 saturated carbocycles. The molecule has 7 nitrogen and oxygen atoms in total. The van der Waals surface area contributed by atoms with E-state index in [0.29, 0.717) is 11.2 Å². The predicted molar refractivity (Wildman–Crippen MR) is 92.0 cm³/mol. The SMILES string of the molecule is CCc1cc(NS(=O)(=O)c2ccc(C(=O)OC)o2)c2ncccc2c1. The summed E-state index contributed by atoms with van der Waals surface area (Å²) in [7, 11) is -2.83. The standard InChI is InChI=1S/C17H16N2O5S/c1-3-11-9-12-5-4-8-18-16(12)13(10-11)19-25(21,22)15-7-6-14(24-15)17(20)23-2/h4-10,19H,3H2,1-2H3. The van der Waals surface area contributed by atoms with E-state index in [2.05, 4.69) is 14.4 Å². The largest absolute Gasteiger partial charge is 0.463 e. The second kappa shape index (κ2) is 6.56. The van der Waals surface area contributed by atoms with Gasteiger partial charge in [-0.05, 0) is 42.3 Å². The van der Waals surface area contributed by atoms with Crippen molar-refractivity contribution in [2.45, 2.75) is 18.4 Å². The van der Waals surface area contributed by atoms with E-state index >= 15 is 0 Å². The first-order valence-electron chi connectivity index (χ1n) is 7.53. The lowest BCUT2D eigenvalue weighted by Crippen LogP contribution is -2.13. The van der Waals surface area contributed by atoms with Gasteiger partial charge < -0.3 is 9.15 Å². The summed E-state index contributed by atoms with van der Waals surface area (Å²) in [5, 5.41) is 0.452. The van der Waals surface area contributed by atoms with Gasteiger partial charge in [-0.1, -0.05) is 13.0 Å². The number of fused-ring (bicyclic) bond motifs is 1. The molecule has 0 atom stereocenters. The van der Waals surface area contributed by atoms with Gasteiger partial charge in [-0.25, -0.2) is 4.79 Å². The molecule has 8 heteroatoms. The number of aryl methyl sites for hydroxylation is 1. The van der Waals surface area contributed by atoms with Crippen molar-refractivity contribution in [1.82, 2.24) is 4.98 Å². The van der Waals surface area contributed by atoms with E-state index in [-0.39, 0.29) is 10.9 Å². The van der Waals surface area contributed by atoms with Gasteiger partial charge in [-0.3, -0.25) is 9.71 Å². The average molecular weight is 360 g/mol. The van der Waals surface area contributed by atoms with Gasteiger partial charge in [0.25, 0.3) is 10.0 Å². The molecule has 0 radical (unpaired) electrons. The number of nitrogens with one attached hydrogen (secondary N) is 1. The molecule has 1 aromatic carbocycles. The molecule has 1 N–H and O–H groups in total. The Hall–Kier alpha value is -2.87. The summed E-state index contributed by atoms with van der Waals surface area (Å²) < 4.78 is 37.3. The Morgan fingerprint density at radius 2 is 2.08 bits per heavy atom. The lowest BCUT2D eigenvalue weighted by atomic mass is 10.1. The number of hydrogen-bond acceptors (Lipinski definition) is 6. The van der Waals surface area contributed by atoms with Crippen LogP contribution in [-0.4, -0.2) is 26.5 Å². The highest BCUT2D eigenvalue weighted by atomic mass is 32.2. The number of aromatic nitrogens is 1. The van der Waals surface area contributed by atoms with Crippen LogP contribution in [0.1, 0.15) is 23.0 Å². The smallest absolute Gasteiger partial charge is 0.374 e. The third-order valence-corrected chi connectivity index (χ3v) is 4.89. The molecule has 25 heavy (non-hydrogen) atoms. The molecule has 2 heterocycles. The quantitative estimate of drug-likeness (QED) is 0.702. The maximum Gasteiger partial charge on any atom is 0.374 e. The Bertz CT molecular complexity index is 1040. The number of nitrogens with zero attached hydrogens (tertiary/aromatic N) is 1. The summed E-state index contributed by atoms with van der Waals surface area (Å²) in [6.45, 7) is 1.98. The number of carbonyl (C=O) groups is 1. The maximum absolute atomic E-state index is 12.6. The van der Waals surface area contributed by atoms with Crippen molar-refractivity contribution in [2.24, 2.45) is 0 Å². The molecule has 3 aromatic rings. The normalized spacial score (nSPS) is 11.4. The van der Waals surface area contributed by atoms with E-state index in [1.54, 1.807) is 18.3 Å². The van der Waals surface area contributed by atoms with Gasteiger partial charge >= 0.3 is 5.97 Å². The van der Waals surface area contributed by atoms with E-state index in [1.807, 2.05) is 19.1 Å². The van der Waals surface area contributed by atoms with Crippen LogP contribution in [0.4, 0.5) is 5.69 Å². The van der Waals surface area contributed by atoms with Gasteiger partial charge in [0, 0.05) is 11.6 Å². The topological polar surface area (TPSA) is 98.5 Å². The fraction of sp³-hybridized carbons (Fsp3) is 0.176. The zero-order chi connectivity index (χ0) is 18.0. The van der Waals surface area contributed by atoms with Crippen LogP contribution in [-0.2, 0) is 21.2 Å². The van der Waals surface area contributed by atoms with Crippen molar-refractivity contribution in [2.75, 3.05) is 11.8 Å². The van der Waals surface area contributed by atoms with Crippen LogP contribution in [0.25, 0.3) is 10.9 Å². The van der Waals surface area contributed by atoms with Gasteiger partial charge in [0.1, 0.15) is 0 Å². The number of pyridine rings is 1. The van der Waals surface area contributed by atoms with Crippen molar-refractivity contribution in [1.29, 1.82) is 0 Å². The van der Waals surface area contributed by atoms with Gasteiger partial charge in [0.05, 0.1) is 18.3 Å². The van der Waals surface area contributed by atoms with Crippen LogP contribution >= 0.6 is 0 Å². The molecule has 0 aliphatic heterocycles. The Morgan fingerprint density at radius 3 is 2.80 bits per heavy atom. The van der Waals surface area contributed by atoms with Crippen LogP contribution in [0.5, 0.6) is 0 Å². The van der Waals surface area contributed by atoms with Crippen molar-refractivity contribution in [3.8, 4) is 0 Å². The van der Waals surface area contributed by atoms with Gasteiger partial charge in [-0.15, -0.1) is 0 Å². The lowest BCUT2D eigenvalue weighted by Gasteiger charge is -2.10. The van der Waals surface area contributed by atoms with Crippen LogP contribution < -0.4 is 4.72 Å². The molecular weight excluding hydrogens is 344 g/mol. The number of carbonyl (C=O) groups excluding carboxylic acids is 1. The third kappa shape index (κ3) is 3.34. The fourth-order valence-corrected chi connectivity index (χ4v) is 3.40. The summed E-state index contributed by atoms with van der Waals surface area (Å²) in [6, 6.07) is 9.79. The zero-order valence-electron chi connectivity index (χ0n) is 13.6. The van der Waals surface area contributed by atoms with Crippen LogP contribution in [0.3, 0.4) is 0 Å². The Morgan fingerprint density at radius 1 is 1.28 bits per heavy atom. The first-order valence-corrected chi connectivity index (χ1v) is 9.01. The summed E-state index contributed by atoms with van der Waals surface area (Å²) in [5.41, 5.74) is 1.85. The monoisotopic (exact) mass is 360 g/mol. The predicted octanol–water partition coefficient (Wildman–Crippen LogP) is 2.98. The van der Waals surface area contributed by atoms with Gasteiger partial charge in [0.2, 0.25) is 10.9 Å². The average Bonchev–Trinajstić information content (AvgIpc) is 3.11. The second-order valence-electron chi connectivity index (χ2n) is 5.29. The number of ether oxygens (including phenoxy) is 1. The molecule has 0 spiro atoms.